The van der Waals surface area contributed by atoms with Gasteiger partial charge in [-0.3, -0.25) is 4.79 Å². The number of rotatable bonds is 6. The predicted molar refractivity (Wildman–Crippen MR) is 128 cm³/mol. The Labute approximate surface area is 196 Å². The fraction of sp³-hybridized carbons (Fsp3) is 0.607. The number of nitroso groups, excluding NO2 is 1. The maximum atomic E-state index is 12.2. The van der Waals surface area contributed by atoms with Gasteiger partial charge in [0.15, 0.2) is 5.78 Å². The molecule has 0 heterocycles. The van der Waals surface area contributed by atoms with Gasteiger partial charge in [0.1, 0.15) is 6.54 Å². The Morgan fingerprint density at radius 3 is 2.58 bits per heavy atom. The molecule has 0 N–H and O–H groups in total. The van der Waals surface area contributed by atoms with E-state index < -0.39 is 0 Å². The molecule has 5 heteroatoms. The highest BCUT2D eigenvalue weighted by Gasteiger charge is 2.63. The lowest BCUT2D eigenvalue weighted by Gasteiger charge is -2.55. The quantitative estimate of drug-likeness (QED) is 0.509. The van der Waals surface area contributed by atoms with Crippen LogP contribution in [0, 0.1) is 22.2 Å². The van der Waals surface area contributed by atoms with Crippen molar-refractivity contribution in [1.29, 1.82) is 0 Å². The van der Waals surface area contributed by atoms with Gasteiger partial charge in [0.05, 0.1) is 12.2 Å². The van der Waals surface area contributed by atoms with Crippen LogP contribution in [0.1, 0.15) is 68.9 Å². The van der Waals surface area contributed by atoms with Crippen LogP contribution < -0.4 is 0 Å². The van der Waals surface area contributed by atoms with E-state index in [1.54, 1.807) is 12.7 Å². The van der Waals surface area contributed by atoms with Crippen molar-refractivity contribution < 1.29 is 14.3 Å². The van der Waals surface area contributed by atoms with E-state index in [9.17, 15) is 9.70 Å². The summed E-state index contributed by atoms with van der Waals surface area (Å²) in [5.41, 5.74) is 6.28. The van der Waals surface area contributed by atoms with Crippen molar-refractivity contribution >= 4 is 5.78 Å². The van der Waals surface area contributed by atoms with Crippen LogP contribution in [0.25, 0.3) is 0 Å². The minimum absolute atomic E-state index is 0.00583. The zero-order valence-electron chi connectivity index (χ0n) is 20.1. The summed E-state index contributed by atoms with van der Waals surface area (Å²) in [5, 5.41) is 3.05. The number of ether oxygens (including phenoxy) is 2. The van der Waals surface area contributed by atoms with Crippen LogP contribution in [-0.4, -0.2) is 32.2 Å². The molecule has 4 aliphatic rings. The van der Waals surface area contributed by atoms with Gasteiger partial charge in [0, 0.05) is 32.0 Å². The third kappa shape index (κ3) is 3.47. The Morgan fingerprint density at radius 2 is 1.88 bits per heavy atom. The molecule has 5 nitrogen and oxygen atoms in total. The van der Waals surface area contributed by atoms with E-state index in [0.717, 1.165) is 44.1 Å². The predicted octanol–water partition coefficient (Wildman–Crippen LogP) is 5.88. The molecule has 0 bridgehead atoms. The Bertz CT molecular complexity index is 1010. The molecule has 5 atom stereocenters. The Kier molecular flexibility index (Phi) is 5.90. The minimum Gasteiger partial charge on any atom is -0.382 e. The molecule has 5 rings (SSSR count). The van der Waals surface area contributed by atoms with Gasteiger partial charge in [0.25, 0.3) is 0 Å². The van der Waals surface area contributed by atoms with Crippen molar-refractivity contribution in [2.24, 2.45) is 22.4 Å². The molecule has 4 aliphatic carbocycles. The van der Waals surface area contributed by atoms with Gasteiger partial charge in [-0.15, -0.1) is 0 Å². The van der Waals surface area contributed by atoms with Crippen molar-refractivity contribution in [3.05, 3.63) is 63.1 Å². The highest BCUT2D eigenvalue weighted by molar-refractivity contribution is 5.93. The topological polar surface area (TPSA) is 65.0 Å². The number of fused-ring (bicyclic) bond motifs is 4. The smallest absolute Gasteiger partial charge is 0.156 e. The number of carbonyl (C=O) groups excluding carboxylic acids is 1. The number of allylic oxidation sites excluding steroid dienone is 4. The zero-order chi connectivity index (χ0) is 23.2. The molecular formula is C28H35NO4. The zero-order valence-corrected chi connectivity index (χ0v) is 20.1. The van der Waals surface area contributed by atoms with Crippen LogP contribution in [-0.2, 0) is 20.8 Å². The summed E-state index contributed by atoms with van der Waals surface area (Å²) in [4.78, 5) is 22.9. The number of benzene rings is 1. The van der Waals surface area contributed by atoms with Crippen molar-refractivity contribution in [1.82, 2.24) is 0 Å². The van der Waals surface area contributed by atoms with Gasteiger partial charge in [-0.1, -0.05) is 41.9 Å². The van der Waals surface area contributed by atoms with Crippen LogP contribution in [0.15, 0.2) is 52.2 Å². The highest BCUT2D eigenvalue weighted by Crippen LogP contribution is 2.67. The maximum Gasteiger partial charge on any atom is 0.156 e. The summed E-state index contributed by atoms with van der Waals surface area (Å²) in [6.45, 7) is 3.25. The van der Waals surface area contributed by atoms with E-state index in [1.165, 1.54) is 16.7 Å². The van der Waals surface area contributed by atoms with Crippen LogP contribution >= 0.6 is 0 Å². The lowest BCUT2D eigenvalue weighted by atomic mass is 9.51. The molecule has 2 fully saturated rings. The number of nitrogens with zero attached hydrogens (tertiary/aromatic N) is 1. The average molecular weight is 450 g/mol. The molecule has 1 aromatic carbocycles. The van der Waals surface area contributed by atoms with E-state index in [0.29, 0.717) is 24.9 Å². The lowest BCUT2D eigenvalue weighted by molar-refractivity contribution is -0.149. The molecule has 0 radical (unpaired) electrons. The van der Waals surface area contributed by atoms with Gasteiger partial charge >= 0.3 is 0 Å². The van der Waals surface area contributed by atoms with Gasteiger partial charge in [-0.25, -0.2) is 0 Å². The molecule has 0 saturated heterocycles. The van der Waals surface area contributed by atoms with Crippen molar-refractivity contribution in [3.63, 3.8) is 0 Å². The van der Waals surface area contributed by atoms with Gasteiger partial charge in [-0.2, -0.15) is 4.91 Å². The van der Waals surface area contributed by atoms with Crippen LogP contribution in [0.5, 0.6) is 0 Å². The standard InChI is InChI=1S/C28H35NO4/c1-27-15-24(19-6-4-18(5-7-19)16-29-31)26-22-11-9-21(30)14-20(22)8-10-23(26)25(27)12-13-28(27,33-3)17-32-2/h4-7,14,23-25H,8-13,15-17H2,1-3H3/t23?,24-,25?,27+,28-/m1/s1. The Hall–Kier alpha value is -2.11. The maximum absolute atomic E-state index is 12.2. The fourth-order valence-electron chi connectivity index (χ4n) is 7.83. The van der Waals surface area contributed by atoms with E-state index in [4.69, 9.17) is 9.47 Å². The minimum atomic E-state index is -0.277. The first-order chi connectivity index (χ1) is 16.0. The second-order valence-electron chi connectivity index (χ2n) is 10.7. The first-order valence-electron chi connectivity index (χ1n) is 12.3. The third-order valence-corrected chi connectivity index (χ3v) is 9.42. The highest BCUT2D eigenvalue weighted by atomic mass is 16.5. The second kappa shape index (κ2) is 8.59. The summed E-state index contributed by atoms with van der Waals surface area (Å²) < 4.78 is 12.0. The molecule has 176 valence electrons. The molecule has 0 aromatic heterocycles. The van der Waals surface area contributed by atoms with Crippen LogP contribution in [0.2, 0.25) is 0 Å². The van der Waals surface area contributed by atoms with Crippen molar-refractivity contribution in [3.8, 4) is 0 Å². The number of carbonyl (C=O) groups is 1. The second-order valence-corrected chi connectivity index (χ2v) is 10.7. The monoisotopic (exact) mass is 449 g/mol. The summed E-state index contributed by atoms with van der Waals surface area (Å²) in [5.74, 6) is 1.63. The Morgan fingerprint density at radius 1 is 1.09 bits per heavy atom. The molecular weight excluding hydrogens is 414 g/mol. The molecule has 2 unspecified atom stereocenters. The summed E-state index contributed by atoms with van der Waals surface area (Å²) in [7, 11) is 3.63. The third-order valence-electron chi connectivity index (χ3n) is 9.42. The fourth-order valence-corrected chi connectivity index (χ4v) is 7.83. The summed E-state index contributed by atoms with van der Waals surface area (Å²) >= 11 is 0. The number of hydrogen-bond donors (Lipinski definition) is 0. The molecule has 0 amide bonds. The molecule has 0 spiro atoms. The lowest BCUT2D eigenvalue weighted by Crippen LogP contribution is -2.54. The molecule has 0 aliphatic heterocycles. The van der Waals surface area contributed by atoms with Crippen LogP contribution in [0.4, 0.5) is 0 Å². The van der Waals surface area contributed by atoms with E-state index in [-0.39, 0.29) is 29.3 Å². The first kappa shape index (κ1) is 22.7. The normalized spacial score (nSPS) is 35.5. The molecule has 33 heavy (non-hydrogen) atoms. The van der Waals surface area contributed by atoms with Crippen molar-refractivity contribution in [2.45, 2.75) is 69.9 Å². The summed E-state index contributed by atoms with van der Waals surface area (Å²) in [6, 6.07) is 8.46. The van der Waals surface area contributed by atoms with E-state index in [2.05, 4.69) is 24.2 Å². The SMILES string of the molecule is COC[C@]1(OC)CCC2C3CCC4=CC(=O)CCC4=C3[C@@H](c3ccc(CN=O)cc3)C[C@@]21C. The van der Waals surface area contributed by atoms with Crippen LogP contribution in [0.3, 0.4) is 0 Å². The van der Waals surface area contributed by atoms with E-state index >= 15 is 0 Å². The number of hydrogen-bond acceptors (Lipinski definition) is 5. The first-order valence-corrected chi connectivity index (χ1v) is 12.3. The van der Waals surface area contributed by atoms with Gasteiger partial charge < -0.3 is 9.47 Å². The van der Waals surface area contributed by atoms with E-state index in [1.807, 2.05) is 25.3 Å². The number of methoxy groups -OCH3 is 2. The average Bonchev–Trinajstić information content (AvgIpc) is 3.11. The van der Waals surface area contributed by atoms with Crippen molar-refractivity contribution in [2.75, 3.05) is 20.8 Å². The molecule has 2 saturated carbocycles. The molecule has 1 aromatic rings. The van der Waals surface area contributed by atoms with Gasteiger partial charge in [0.2, 0.25) is 0 Å². The van der Waals surface area contributed by atoms with Gasteiger partial charge in [-0.05, 0) is 78.7 Å². The number of ketones is 1. The Balaban J connectivity index is 1.65. The largest absolute Gasteiger partial charge is 0.382 e. The summed E-state index contributed by atoms with van der Waals surface area (Å²) in [6.07, 6.45) is 8.72.